The molecule has 0 aliphatic carbocycles. The Bertz CT molecular complexity index is 443. The summed E-state index contributed by atoms with van der Waals surface area (Å²) in [5, 5.41) is 9.15. The Morgan fingerprint density at radius 1 is 1.50 bits per heavy atom. The lowest BCUT2D eigenvalue weighted by atomic mass is 9.86. The average molecular weight is 252 g/mol. The molecule has 0 saturated carbocycles. The van der Waals surface area contributed by atoms with Gasteiger partial charge < -0.3 is 9.90 Å². The second kappa shape index (κ2) is 6.28. The number of carboxylic acids is 1. The maximum atomic E-state index is 13.4. The molecule has 4 heteroatoms. The summed E-state index contributed by atoms with van der Waals surface area (Å²) in [7, 11) is 0. The lowest BCUT2D eigenvalue weighted by molar-refractivity contribution is -0.143. The summed E-state index contributed by atoms with van der Waals surface area (Å²) in [6.07, 6.45) is 1.16. The van der Waals surface area contributed by atoms with Gasteiger partial charge in [0.05, 0.1) is 5.92 Å². The first-order chi connectivity index (χ1) is 8.45. The Morgan fingerprint density at radius 3 is 2.67 bits per heavy atom. The molecule has 0 spiro atoms. The second-order valence-corrected chi connectivity index (χ2v) is 4.61. The van der Waals surface area contributed by atoms with Crippen molar-refractivity contribution in [2.24, 2.45) is 11.8 Å². The minimum atomic E-state index is -0.953. The highest BCUT2D eigenvalue weighted by atomic mass is 19.1. The molecule has 0 radical (unpaired) electrons. The molecule has 1 aromatic carbocycles. The molecule has 2 atom stereocenters. The number of rotatable bonds is 6. The zero-order valence-electron chi connectivity index (χ0n) is 10.5. The minimum absolute atomic E-state index is 0.200. The van der Waals surface area contributed by atoms with Crippen molar-refractivity contribution in [1.29, 1.82) is 0 Å². The number of benzene rings is 1. The van der Waals surface area contributed by atoms with E-state index >= 15 is 0 Å². The van der Waals surface area contributed by atoms with E-state index in [1.807, 2.05) is 0 Å². The highest BCUT2D eigenvalue weighted by molar-refractivity contribution is 5.71. The monoisotopic (exact) mass is 252 g/mol. The van der Waals surface area contributed by atoms with Gasteiger partial charge in [-0.2, -0.15) is 0 Å². The van der Waals surface area contributed by atoms with Crippen molar-refractivity contribution in [3.8, 4) is 0 Å². The lowest BCUT2D eigenvalue weighted by Gasteiger charge is -2.18. The molecule has 18 heavy (non-hydrogen) atoms. The number of carbonyl (C=O) groups is 2. The fraction of sp³-hybridized carbons (Fsp3) is 0.429. The third-order valence-electron chi connectivity index (χ3n) is 3.16. The molecular formula is C14H17FO3. The first-order valence-corrected chi connectivity index (χ1v) is 5.87. The average Bonchev–Trinajstić information content (AvgIpc) is 2.30. The van der Waals surface area contributed by atoms with Gasteiger partial charge in [0.2, 0.25) is 0 Å². The van der Waals surface area contributed by atoms with Gasteiger partial charge in [0.1, 0.15) is 12.1 Å². The SMILES string of the molecule is Cc1ccc(CC(C(=O)O)C(C)CC=O)cc1F. The van der Waals surface area contributed by atoms with Crippen LogP contribution in [0.15, 0.2) is 18.2 Å². The van der Waals surface area contributed by atoms with Crippen molar-refractivity contribution in [1.82, 2.24) is 0 Å². The predicted octanol–water partition coefficient (Wildman–Crippen LogP) is 2.60. The van der Waals surface area contributed by atoms with Crippen molar-refractivity contribution in [3.63, 3.8) is 0 Å². The van der Waals surface area contributed by atoms with Gasteiger partial charge in [-0.25, -0.2) is 4.39 Å². The topological polar surface area (TPSA) is 54.4 Å². The number of aryl methyl sites for hydroxylation is 1. The number of aliphatic carboxylic acids is 1. The Kier molecular flexibility index (Phi) is 5.01. The number of halogens is 1. The van der Waals surface area contributed by atoms with Crippen LogP contribution in [-0.2, 0) is 16.0 Å². The number of carboxylic acid groups (broad SMARTS) is 1. The van der Waals surface area contributed by atoms with Crippen molar-refractivity contribution in [2.75, 3.05) is 0 Å². The Morgan fingerprint density at radius 2 is 2.17 bits per heavy atom. The molecule has 0 aliphatic rings. The highest BCUT2D eigenvalue weighted by Gasteiger charge is 2.24. The van der Waals surface area contributed by atoms with Gasteiger partial charge in [0.25, 0.3) is 0 Å². The van der Waals surface area contributed by atoms with Gasteiger partial charge in [-0.1, -0.05) is 19.1 Å². The Hall–Kier alpha value is -1.71. The molecule has 2 unspecified atom stereocenters. The van der Waals surface area contributed by atoms with Crippen LogP contribution in [0.1, 0.15) is 24.5 Å². The number of hydrogen-bond donors (Lipinski definition) is 1. The van der Waals surface area contributed by atoms with Crippen molar-refractivity contribution in [2.45, 2.75) is 26.7 Å². The zero-order valence-corrected chi connectivity index (χ0v) is 10.5. The van der Waals surface area contributed by atoms with E-state index in [0.717, 1.165) is 6.29 Å². The van der Waals surface area contributed by atoms with Crippen molar-refractivity contribution in [3.05, 3.63) is 35.1 Å². The summed E-state index contributed by atoms with van der Waals surface area (Å²) in [6.45, 7) is 3.38. The second-order valence-electron chi connectivity index (χ2n) is 4.61. The molecule has 0 aliphatic heterocycles. The van der Waals surface area contributed by atoms with Gasteiger partial charge in [-0.3, -0.25) is 4.79 Å². The summed E-state index contributed by atoms with van der Waals surface area (Å²) in [5.41, 5.74) is 1.18. The zero-order chi connectivity index (χ0) is 13.7. The Labute approximate surface area is 106 Å². The summed E-state index contributed by atoms with van der Waals surface area (Å²) in [5.74, 6) is -2.22. The molecule has 0 saturated heterocycles. The van der Waals surface area contributed by atoms with E-state index in [9.17, 15) is 14.0 Å². The van der Waals surface area contributed by atoms with Gasteiger partial charge in [0.15, 0.2) is 0 Å². The van der Waals surface area contributed by atoms with E-state index < -0.39 is 11.9 Å². The third kappa shape index (κ3) is 3.65. The van der Waals surface area contributed by atoms with E-state index in [1.165, 1.54) is 6.07 Å². The van der Waals surface area contributed by atoms with Crippen LogP contribution in [0.3, 0.4) is 0 Å². The largest absolute Gasteiger partial charge is 0.481 e. The fourth-order valence-electron chi connectivity index (χ4n) is 1.87. The molecule has 0 aromatic heterocycles. The maximum absolute atomic E-state index is 13.4. The smallest absolute Gasteiger partial charge is 0.307 e. The summed E-state index contributed by atoms with van der Waals surface area (Å²) < 4.78 is 13.4. The van der Waals surface area contributed by atoms with Crippen LogP contribution in [-0.4, -0.2) is 17.4 Å². The van der Waals surface area contributed by atoms with E-state index in [4.69, 9.17) is 5.11 Å². The number of aldehydes is 1. The summed E-state index contributed by atoms with van der Waals surface area (Å²) >= 11 is 0. The molecule has 0 heterocycles. The molecular weight excluding hydrogens is 235 g/mol. The molecule has 3 nitrogen and oxygen atoms in total. The quantitative estimate of drug-likeness (QED) is 0.792. The predicted molar refractivity (Wildman–Crippen MR) is 65.8 cm³/mol. The van der Waals surface area contributed by atoms with Crippen LogP contribution in [0, 0.1) is 24.6 Å². The molecule has 1 aromatic rings. The van der Waals surface area contributed by atoms with Crippen LogP contribution in [0.5, 0.6) is 0 Å². The lowest BCUT2D eigenvalue weighted by Crippen LogP contribution is -2.24. The van der Waals surface area contributed by atoms with Crippen molar-refractivity contribution < 1.29 is 19.1 Å². The van der Waals surface area contributed by atoms with Gasteiger partial charge in [-0.15, -0.1) is 0 Å². The number of carbonyl (C=O) groups excluding carboxylic acids is 1. The first-order valence-electron chi connectivity index (χ1n) is 5.87. The van der Waals surface area contributed by atoms with Gasteiger partial charge >= 0.3 is 5.97 Å². The van der Waals surface area contributed by atoms with Gasteiger partial charge in [-0.05, 0) is 36.5 Å². The summed E-state index contributed by atoms with van der Waals surface area (Å²) in [6, 6.07) is 4.72. The van der Waals surface area contributed by atoms with Crippen molar-refractivity contribution >= 4 is 12.3 Å². The number of hydrogen-bond acceptors (Lipinski definition) is 2. The van der Waals surface area contributed by atoms with E-state index in [0.29, 0.717) is 11.1 Å². The third-order valence-corrected chi connectivity index (χ3v) is 3.16. The van der Waals surface area contributed by atoms with Crippen LogP contribution < -0.4 is 0 Å². The fourth-order valence-corrected chi connectivity index (χ4v) is 1.87. The molecule has 98 valence electrons. The molecule has 0 amide bonds. The van der Waals surface area contributed by atoms with Gasteiger partial charge in [0, 0.05) is 6.42 Å². The van der Waals surface area contributed by atoms with Crippen LogP contribution in [0.25, 0.3) is 0 Å². The molecule has 0 fully saturated rings. The van der Waals surface area contributed by atoms with Crippen LogP contribution in [0.2, 0.25) is 0 Å². The summed E-state index contributed by atoms with van der Waals surface area (Å²) in [4.78, 5) is 21.6. The normalized spacial score (nSPS) is 13.9. The Balaban J connectivity index is 2.86. The molecule has 1 rings (SSSR count). The standard InChI is InChI=1S/C14H17FO3/c1-9(5-6-16)12(14(17)18)7-11-4-3-10(2)13(15)8-11/h3-4,6,8-9,12H,5,7H2,1-2H3,(H,17,18). The maximum Gasteiger partial charge on any atom is 0.307 e. The first kappa shape index (κ1) is 14.4. The highest BCUT2D eigenvalue weighted by Crippen LogP contribution is 2.21. The molecule has 0 bridgehead atoms. The van der Waals surface area contributed by atoms with E-state index in [2.05, 4.69) is 0 Å². The molecule has 1 N–H and O–H groups in total. The minimum Gasteiger partial charge on any atom is -0.481 e. The van der Waals surface area contributed by atoms with E-state index in [-0.39, 0.29) is 24.6 Å². The van der Waals surface area contributed by atoms with Crippen LogP contribution >= 0.6 is 0 Å². The van der Waals surface area contributed by atoms with E-state index in [1.54, 1.807) is 26.0 Å². The van der Waals surface area contributed by atoms with Crippen LogP contribution in [0.4, 0.5) is 4.39 Å².